The molecule has 0 amide bonds. The highest BCUT2D eigenvalue weighted by Gasteiger charge is 2.14. The number of nitrogens with zero attached hydrogens (tertiary/aromatic N) is 3. The standard InChI is InChI=1S/C17H37N5O/c1-5-21-10-12-22(13-11-21)9-8-20-17(18-4)19-7-6-14-23-15-16(2)3/h16H,5-15H2,1-4H3,(H2,18,19,20). The van der Waals surface area contributed by atoms with Crippen LogP contribution >= 0.6 is 0 Å². The molecule has 1 aliphatic rings. The topological polar surface area (TPSA) is 52.1 Å². The lowest BCUT2D eigenvalue weighted by Crippen LogP contribution is -2.49. The minimum atomic E-state index is 0.608. The molecule has 0 bridgehead atoms. The second-order valence-electron chi connectivity index (χ2n) is 6.52. The molecule has 1 fully saturated rings. The first kappa shape index (κ1) is 20.2. The number of nitrogens with one attached hydrogen (secondary N) is 2. The van der Waals surface area contributed by atoms with Crippen molar-refractivity contribution in [3.63, 3.8) is 0 Å². The van der Waals surface area contributed by atoms with Gasteiger partial charge in [0.05, 0.1) is 0 Å². The van der Waals surface area contributed by atoms with E-state index < -0.39 is 0 Å². The van der Waals surface area contributed by atoms with Gasteiger partial charge in [-0.25, -0.2) is 0 Å². The van der Waals surface area contributed by atoms with Crippen molar-refractivity contribution in [3.05, 3.63) is 0 Å². The molecule has 0 spiro atoms. The summed E-state index contributed by atoms with van der Waals surface area (Å²) in [5.74, 6) is 1.50. The van der Waals surface area contributed by atoms with Gasteiger partial charge >= 0.3 is 0 Å². The van der Waals surface area contributed by atoms with Crippen molar-refractivity contribution < 1.29 is 4.74 Å². The van der Waals surface area contributed by atoms with E-state index in [1.54, 1.807) is 0 Å². The highest BCUT2D eigenvalue weighted by atomic mass is 16.5. The number of hydrogen-bond donors (Lipinski definition) is 2. The third-order valence-corrected chi connectivity index (χ3v) is 4.07. The maximum absolute atomic E-state index is 5.58. The zero-order valence-corrected chi connectivity index (χ0v) is 15.6. The van der Waals surface area contributed by atoms with E-state index in [-0.39, 0.29) is 0 Å². The quantitative estimate of drug-likeness (QED) is 0.354. The Kier molecular flexibility index (Phi) is 11.0. The van der Waals surface area contributed by atoms with Crippen LogP contribution in [0.15, 0.2) is 4.99 Å². The van der Waals surface area contributed by atoms with Crippen LogP contribution in [0.4, 0.5) is 0 Å². The number of rotatable bonds is 10. The van der Waals surface area contributed by atoms with Crippen molar-refractivity contribution in [2.75, 3.05) is 72.6 Å². The van der Waals surface area contributed by atoms with E-state index in [0.717, 1.165) is 45.2 Å². The molecule has 23 heavy (non-hydrogen) atoms. The maximum atomic E-state index is 5.58. The molecule has 0 unspecified atom stereocenters. The average molecular weight is 328 g/mol. The van der Waals surface area contributed by atoms with E-state index in [9.17, 15) is 0 Å². The molecule has 136 valence electrons. The van der Waals surface area contributed by atoms with Gasteiger partial charge in [-0.3, -0.25) is 9.89 Å². The summed E-state index contributed by atoms with van der Waals surface area (Å²) < 4.78 is 5.58. The molecule has 0 atom stereocenters. The van der Waals surface area contributed by atoms with Crippen LogP contribution in [-0.4, -0.2) is 88.4 Å². The van der Waals surface area contributed by atoms with Crippen LogP contribution in [0.1, 0.15) is 27.2 Å². The lowest BCUT2D eigenvalue weighted by molar-refractivity contribution is 0.108. The predicted molar refractivity (Wildman–Crippen MR) is 98.2 cm³/mol. The van der Waals surface area contributed by atoms with E-state index >= 15 is 0 Å². The molecule has 0 aromatic heterocycles. The highest BCUT2D eigenvalue weighted by molar-refractivity contribution is 5.79. The lowest BCUT2D eigenvalue weighted by atomic mass is 10.2. The van der Waals surface area contributed by atoms with Gasteiger partial charge in [0.15, 0.2) is 5.96 Å². The third kappa shape index (κ3) is 9.79. The van der Waals surface area contributed by atoms with E-state index in [1.807, 2.05) is 7.05 Å². The summed E-state index contributed by atoms with van der Waals surface area (Å²) in [6.07, 6.45) is 1.01. The number of aliphatic imine (C=N–C) groups is 1. The largest absolute Gasteiger partial charge is 0.381 e. The average Bonchev–Trinajstić information content (AvgIpc) is 2.56. The Hall–Kier alpha value is -0.850. The second-order valence-corrected chi connectivity index (χ2v) is 6.52. The molecule has 1 rings (SSSR count). The first-order chi connectivity index (χ1) is 11.2. The maximum Gasteiger partial charge on any atom is 0.191 e. The van der Waals surface area contributed by atoms with Crippen LogP contribution in [-0.2, 0) is 4.74 Å². The van der Waals surface area contributed by atoms with Crippen LogP contribution in [0.3, 0.4) is 0 Å². The smallest absolute Gasteiger partial charge is 0.191 e. The summed E-state index contributed by atoms with van der Waals surface area (Å²) in [5, 5.41) is 6.74. The van der Waals surface area contributed by atoms with Crippen LogP contribution in [0.25, 0.3) is 0 Å². The molecular weight excluding hydrogens is 290 g/mol. The van der Waals surface area contributed by atoms with Crippen LogP contribution < -0.4 is 10.6 Å². The monoisotopic (exact) mass is 327 g/mol. The molecule has 1 saturated heterocycles. The van der Waals surface area contributed by atoms with Crippen LogP contribution in [0, 0.1) is 5.92 Å². The number of ether oxygens (including phenoxy) is 1. The summed E-state index contributed by atoms with van der Waals surface area (Å²) >= 11 is 0. The minimum absolute atomic E-state index is 0.608. The van der Waals surface area contributed by atoms with Gasteiger partial charge in [-0.15, -0.1) is 0 Å². The Labute approximate surface area is 142 Å². The van der Waals surface area contributed by atoms with E-state index in [4.69, 9.17) is 4.74 Å². The van der Waals surface area contributed by atoms with Gasteiger partial charge in [-0.2, -0.15) is 0 Å². The van der Waals surface area contributed by atoms with Gasteiger partial charge in [0.1, 0.15) is 0 Å². The summed E-state index contributed by atoms with van der Waals surface area (Å²) in [7, 11) is 1.82. The summed E-state index contributed by atoms with van der Waals surface area (Å²) in [6.45, 7) is 17.1. The first-order valence-electron chi connectivity index (χ1n) is 9.12. The van der Waals surface area contributed by atoms with Gasteiger partial charge in [-0.1, -0.05) is 20.8 Å². The van der Waals surface area contributed by atoms with Crippen molar-refractivity contribution >= 4 is 5.96 Å². The van der Waals surface area contributed by atoms with E-state index in [2.05, 4.69) is 46.2 Å². The molecule has 0 aromatic rings. The van der Waals surface area contributed by atoms with Gasteiger partial charge < -0.3 is 20.3 Å². The Morgan fingerprint density at radius 1 is 1.09 bits per heavy atom. The molecule has 1 heterocycles. The van der Waals surface area contributed by atoms with E-state index in [1.165, 1.54) is 32.7 Å². The Balaban J connectivity index is 2.01. The summed E-state index contributed by atoms with van der Waals surface area (Å²) in [4.78, 5) is 9.29. The lowest BCUT2D eigenvalue weighted by Gasteiger charge is -2.34. The van der Waals surface area contributed by atoms with E-state index in [0.29, 0.717) is 5.92 Å². The van der Waals surface area contributed by atoms with Gasteiger partial charge in [0, 0.05) is 66.1 Å². The molecule has 0 saturated carbocycles. The second kappa shape index (κ2) is 12.6. The summed E-state index contributed by atoms with van der Waals surface area (Å²) in [6, 6.07) is 0. The zero-order valence-electron chi connectivity index (χ0n) is 15.6. The normalized spacial score (nSPS) is 17.7. The number of hydrogen-bond acceptors (Lipinski definition) is 4. The summed E-state index contributed by atoms with van der Waals surface area (Å²) in [5.41, 5.74) is 0. The fourth-order valence-electron chi connectivity index (χ4n) is 2.58. The molecule has 0 aromatic carbocycles. The van der Waals surface area contributed by atoms with Crippen molar-refractivity contribution in [1.29, 1.82) is 0 Å². The third-order valence-electron chi connectivity index (χ3n) is 4.07. The number of likely N-dealkylation sites (N-methyl/N-ethyl adjacent to an activating group) is 1. The van der Waals surface area contributed by atoms with Crippen LogP contribution in [0.5, 0.6) is 0 Å². The molecule has 1 aliphatic heterocycles. The van der Waals surface area contributed by atoms with Crippen molar-refractivity contribution in [2.24, 2.45) is 10.9 Å². The predicted octanol–water partition coefficient (Wildman–Crippen LogP) is 0.852. The molecule has 0 aliphatic carbocycles. The Morgan fingerprint density at radius 3 is 2.35 bits per heavy atom. The van der Waals surface area contributed by atoms with Crippen LogP contribution in [0.2, 0.25) is 0 Å². The number of guanidine groups is 1. The van der Waals surface area contributed by atoms with Crippen molar-refractivity contribution in [3.8, 4) is 0 Å². The SMILES string of the molecule is CCN1CCN(CCNC(=NC)NCCCOCC(C)C)CC1. The molecule has 0 radical (unpaired) electrons. The minimum Gasteiger partial charge on any atom is -0.381 e. The fourth-order valence-corrected chi connectivity index (χ4v) is 2.58. The number of piperazine rings is 1. The van der Waals surface area contributed by atoms with Crippen molar-refractivity contribution in [1.82, 2.24) is 20.4 Å². The molecule has 6 nitrogen and oxygen atoms in total. The Bertz CT molecular complexity index is 314. The molecule has 2 N–H and O–H groups in total. The van der Waals surface area contributed by atoms with Gasteiger partial charge in [-0.05, 0) is 18.9 Å². The first-order valence-corrected chi connectivity index (χ1v) is 9.12. The van der Waals surface area contributed by atoms with Gasteiger partial charge in [0.25, 0.3) is 0 Å². The fraction of sp³-hybridized carbons (Fsp3) is 0.941. The highest BCUT2D eigenvalue weighted by Crippen LogP contribution is 1.99. The molecular formula is C17H37N5O. The zero-order chi connectivity index (χ0) is 16.9. The Morgan fingerprint density at radius 2 is 1.74 bits per heavy atom. The van der Waals surface area contributed by atoms with Gasteiger partial charge in [0.2, 0.25) is 0 Å². The molecule has 6 heteroatoms. The van der Waals surface area contributed by atoms with Crippen molar-refractivity contribution in [2.45, 2.75) is 27.2 Å².